The Kier molecular flexibility index (Phi) is 8.59. The molecule has 4 rings (SSSR count). The number of hydrogen-bond donors (Lipinski definition) is 1. The summed E-state index contributed by atoms with van der Waals surface area (Å²) in [5.74, 6) is -0.150. The third-order valence-electron chi connectivity index (χ3n) is 6.82. The second-order valence-electron chi connectivity index (χ2n) is 9.45. The lowest BCUT2D eigenvalue weighted by atomic mass is 10.00. The van der Waals surface area contributed by atoms with Gasteiger partial charge in [0, 0.05) is 24.0 Å². The van der Waals surface area contributed by atoms with Crippen LogP contribution in [-0.4, -0.2) is 28.8 Å². The summed E-state index contributed by atoms with van der Waals surface area (Å²) in [6.07, 6.45) is 4.96. The number of benzene rings is 3. The minimum atomic E-state index is -0.617. The number of halogens is 1. The molecule has 0 aromatic heterocycles. The standard InChI is InChI=1S/C30H33ClN2O2/c1-22-10-5-6-14-25(22)20-29(34)33(21-24-13-9-15-26(31)18-24)28(19-23-11-3-2-4-12-23)30(35)32-27-16-7-8-17-27/h2-6,9-15,18,27-28H,7-8,16-17,19-21H2,1H3,(H,32,35). The topological polar surface area (TPSA) is 49.4 Å². The molecule has 1 aliphatic rings. The van der Waals surface area contributed by atoms with Crippen molar-refractivity contribution in [2.45, 2.75) is 64.1 Å². The average molecular weight is 489 g/mol. The van der Waals surface area contributed by atoms with Crippen LogP contribution in [0.2, 0.25) is 5.02 Å². The second kappa shape index (κ2) is 12.0. The molecule has 0 saturated heterocycles. The molecular weight excluding hydrogens is 456 g/mol. The second-order valence-corrected chi connectivity index (χ2v) is 9.89. The summed E-state index contributed by atoms with van der Waals surface area (Å²) in [6, 6.07) is 24.9. The zero-order valence-electron chi connectivity index (χ0n) is 20.3. The summed E-state index contributed by atoms with van der Waals surface area (Å²) in [7, 11) is 0. The van der Waals surface area contributed by atoms with Gasteiger partial charge in [0.2, 0.25) is 11.8 Å². The molecule has 1 atom stereocenters. The third-order valence-corrected chi connectivity index (χ3v) is 7.05. The molecule has 1 unspecified atom stereocenters. The number of hydrogen-bond acceptors (Lipinski definition) is 2. The van der Waals surface area contributed by atoms with Crippen molar-refractivity contribution >= 4 is 23.4 Å². The zero-order chi connectivity index (χ0) is 24.6. The molecule has 4 nitrogen and oxygen atoms in total. The highest BCUT2D eigenvalue weighted by atomic mass is 35.5. The molecule has 1 N–H and O–H groups in total. The van der Waals surface area contributed by atoms with E-state index in [1.54, 1.807) is 4.90 Å². The van der Waals surface area contributed by atoms with Crippen LogP contribution in [0.4, 0.5) is 0 Å². The van der Waals surface area contributed by atoms with E-state index in [0.29, 0.717) is 18.0 Å². The number of rotatable bonds is 9. The van der Waals surface area contributed by atoms with E-state index < -0.39 is 6.04 Å². The Bertz CT molecular complexity index is 1140. The van der Waals surface area contributed by atoms with Gasteiger partial charge in [-0.25, -0.2) is 0 Å². The van der Waals surface area contributed by atoms with E-state index in [-0.39, 0.29) is 24.3 Å². The van der Waals surface area contributed by atoms with Gasteiger partial charge in [0.05, 0.1) is 6.42 Å². The predicted octanol–water partition coefficient (Wildman–Crippen LogP) is 5.89. The van der Waals surface area contributed by atoms with Crippen molar-refractivity contribution in [3.05, 3.63) is 106 Å². The van der Waals surface area contributed by atoms with Gasteiger partial charge in [-0.15, -0.1) is 0 Å². The average Bonchev–Trinajstić information content (AvgIpc) is 3.36. The molecule has 0 bridgehead atoms. The van der Waals surface area contributed by atoms with Crippen LogP contribution in [0.5, 0.6) is 0 Å². The lowest BCUT2D eigenvalue weighted by Crippen LogP contribution is -2.52. The highest BCUT2D eigenvalue weighted by molar-refractivity contribution is 6.30. The molecular formula is C30H33ClN2O2. The van der Waals surface area contributed by atoms with Gasteiger partial charge in [0.1, 0.15) is 6.04 Å². The van der Waals surface area contributed by atoms with Crippen molar-refractivity contribution in [2.24, 2.45) is 0 Å². The smallest absolute Gasteiger partial charge is 0.243 e. The Balaban J connectivity index is 1.67. The van der Waals surface area contributed by atoms with E-state index in [1.807, 2.05) is 85.8 Å². The van der Waals surface area contributed by atoms with Crippen molar-refractivity contribution < 1.29 is 9.59 Å². The van der Waals surface area contributed by atoms with E-state index >= 15 is 0 Å². The first-order valence-corrected chi connectivity index (χ1v) is 12.8. The number of aryl methyl sites for hydroxylation is 1. The minimum Gasteiger partial charge on any atom is -0.352 e. The Morgan fingerprint density at radius 2 is 1.63 bits per heavy atom. The fourth-order valence-corrected chi connectivity index (χ4v) is 5.04. The number of nitrogens with one attached hydrogen (secondary N) is 1. The molecule has 0 heterocycles. The maximum atomic E-state index is 13.8. The van der Waals surface area contributed by atoms with E-state index in [2.05, 4.69) is 5.32 Å². The van der Waals surface area contributed by atoms with E-state index in [0.717, 1.165) is 47.9 Å². The highest BCUT2D eigenvalue weighted by Gasteiger charge is 2.32. The monoisotopic (exact) mass is 488 g/mol. The molecule has 3 aromatic rings. The molecule has 1 fully saturated rings. The molecule has 1 aliphatic carbocycles. The first kappa shape index (κ1) is 25.0. The normalized spacial score (nSPS) is 14.5. The number of carbonyl (C=O) groups excluding carboxylic acids is 2. The molecule has 1 saturated carbocycles. The van der Waals surface area contributed by atoms with E-state index in [9.17, 15) is 9.59 Å². The summed E-state index contributed by atoms with van der Waals surface area (Å²) in [5, 5.41) is 3.86. The number of nitrogens with zero attached hydrogens (tertiary/aromatic N) is 1. The fraction of sp³-hybridized carbons (Fsp3) is 0.333. The predicted molar refractivity (Wildman–Crippen MR) is 141 cm³/mol. The lowest BCUT2D eigenvalue weighted by molar-refractivity contribution is -0.141. The largest absolute Gasteiger partial charge is 0.352 e. The van der Waals surface area contributed by atoms with E-state index in [1.165, 1.54) is 0 Å². The fourth-order valence-electron chi connectivity index (χ4n) is 4.83. The lowest BCUT2D eigenvalue weighted by Gasteiger charge is -2.32. The Morgan fingerprint density at radius 1 is 0.943 bits per heavy atom. The molecule has 182 valence electrons. The molecule has 5 heteroatoms. The van der Waals surface area contributed by atoms with Gasteiger partial charge in [0.25, 0.3) is 0 Å². The summed E-state index contributed by atoms with van der Waals surface area (Å²) in [5.41, 5.74) is 3.98. The summed E-state index contributed by atoms with van der Waals surface area (Å²) < 4.78 is 0. The third kappa shape index (κ3) is 6.95. The van der Waals surface area contributed by atoms with Gasteiger partial charge in [-0.1, -0.05) is 91.2 Å². The van der Waals surface area contributed by atoms with Crippen molar-refractivity contribution in [3.63, 3.8) is 0 Å². The van der Waals surface area contributed by atoms with Crippen LogP contribution >= 0.6 is 11.6 Å². The van der Waals surface area contributed by atoms with Gasteiger partial charge in [-0.05, 0) is 54.2 Å². The van der Waals surface area contributed by atoms with Crippen molar-refractivity contribution in [1.29, 1.82) is 0 Å². The van der Waals surface area contributed by atoms with Gasteiger partial charge < -0.3 is 10.2 Å². The quantitative estimate of drug-likeness (QED) is 0.408. The van der Waals surface area contributed by atoms with Crippen LogP contribution in [0.15, 0.2) is 78.9 Å². The van der Waals surface area contributed by atoms with Crippen LogP contribution in [0.25, 0.3) is 0 Å². The van der Waals surface area contributed by atoms with Gasteiger partial charge in [0.15, 0.2) is 0 Å². The maximum Gasteiger partial charge on any atom is 0.243 e. The molecule has 2 amide bonds. The summed E-state index contributed by atoms with van der Waals surface area (Å²) in [6.45, 7) is 2.33. The van der Waals surface area contributed by atoms with Crippen LogP contribution < -0.4 is 5.32 Å². The van der Waals surface area contributed by atoms with E-state index in [4.69, 9.17) is 11.6 Å². The van der Waals surface area contributed by atoms with Crippen molar-refractivity contribution in [3.8, 4) is 0 Å². The SMILES string of the molecule is Cc1ccccc1CC(=O)N(Cc1cccc(Cl)c1)C(Cc1ccccc1)C(=O)NC1CCCC1. The number of carbonyl (C=O) groups is 2. The Labute approximate surface area is 213 Å². The highest BCUT2D eigenvalue weighted by Crippen LogP contribution is 2.22. The van der Waals surface area contributed by atoms with Crippen molar-refractivity contribution in [2.75, 3.05) is 0 Å². The van der Waals surface area contributed by atoms with Gasteiger partial charge in [-0.3, -0.25) is 9.59 Å². The zero-order valence-corrected chi connectivity index (χ0v) is 21.0. The van der Waals surface area contributed by atoms with Crippen LogP contribution in [-0.2, 0) is 29.0 Å². The minimum absolute atomic E-state index is 0.0678. The Morgan fingerprint density at radius 3 is 2.34 bits per heavy atom. The molecule has 0 aliphatic heterocycles. The molecule has 0 spiro atoms. The van der Waals surface area contributed by atoms with Gasteiger partial charge in [-0.2, -0.15) is 0 Å². The first-order valence-electron chi connectivity index (χ1n) is 12.4. The van der Waals surface area contributed by atoms with Crippen LogP contribution in [0, 0.1) is 6.92 Å². The van der Waals surface area contributed by atoms with Crippen molar-refractivity contribution in [1.82, 2.24) is 10.2 Å². The summed E-state index contributed by atoms with van der Waals surface area (Å²) in [4.78, 5) is 29.3. The van der Waals surface area contributed by atoms with Crippen LogP contribution in [0.1, 0.15) is 47.9 Å². The summed E-state index contributed by atoms with van der Waals surface area (Å²) >= 11 is 6.26. The van der Waals surface area contributed by atoms with Crippen LogP contribution in [0.3, 0.4) is 0 Å². The molecule has 3 aromatic carbocycles. The molecule has 35 heavy (non-hydrogen) atoms. The molecule has 0 radical (unpaired) electrons. The Hall–Kier alpha value is -3.11. The number of amides is 2. The first-order chi connectivity index (χ1) is 17.0. The van der Waals surface area contributed by atoms with Gasteiger partial charge >= 0.3 is 0 Å². The maximum absolute atomic E-state index is 13.8.